The molecule has 0 bridgehead atoms. The topological polar surface area (TPSA) is 71.1 Å². The van der Waals surface area contributed by atoms with Crippen molar-refractivity contribution in [3.8, 4) is 0 Å². The lowest BCUT2D eigenvalue weighted by atomic mass is 10.1. The van der Waals surface area contributed by atoms with Crippen LogP contribution in [0.15, 0.2) is 66.9 Å². The zero-order valence-electron chi connectivity index (χ0n) is 14.7. The molecule has 3 aromatic rings. The average Bonchev–Trinajstić information content (AvgIpc) is 2.65. The second kappa shape index (κ2) is 8.23. The molecule has 0 atom stereocenters. The van der Waals surface area contributed by atoms with E-state index in [1.54, 1.807) is 54.7 Å². The largest absolute Gasteiger partial charge is 0.354 e. The van der Waals surface area contributed by atoms with Gasteiger partial charge in [0, 0.05) is 11.3 Å². The summed E-state index contributed by atoms with van der Waals surface area (Å²) in [6.45, 7) is 1.51. The molecule has 0 aliphatic rings. The maximum atomic E-state index is 13.6. The van der Waals surface area contributed by atoms with Gasteiger partial charge in [-0.25, -0.2) is 9.37 Å². The number of amides is 1. The fourth-order valence-corrected chi connectivity index (χ4v) is 2.53. The Morgan fingerprint density at radius 3 is 2.52 bits per heavy atom. The number of hydrogen-bond donors (Lipinski definition) is 2. The molecule has 0 fully saturated rings. The Kier molecular flexibility index (Phi) is 5.56. The molecule has 27 heavy (non-hydrogen) atoms. The number of benzene rings is 2. The van der Waals surface area contributed by atoms with Gasteiger partial charge in [-0.3, -0.25) is 9.59 Å². The summed E-state index contributed by atoms with van der Waals surface area (Å²) >= 11 is 0. The fraction of sp³-hybridized carbons (Fsp3) is 0.0952. The fourth-order valence-electron chi connectivity index (χ4n) is 2.53. The summed E-state index contributed by atoms with van der Waals surface area (Å²) < 4.78 is 13.6. The number of nitrogens with zero attached hydrogens (tertiary/aromatic N) is 1. The number of pyridine rings is 1. The molecular weight excluding hydrogens is 345 g/mol. The molecular formula is C21H18FN3O2. The van der Waals surface area contributed by atoms with Gasteiger partial charge in [0.15, 0.2) is 5.78 Å². The van der Waals surface area contributed by atoms with Gasteiger partial charge in [-0.15, -0.1) is 0 Å². The Labute approximate surface area is 156 Å². The van der Waals surface area contributed by atoms with E-state index in [0.29, 0.717) is 22.6 Å². The summed E-state index contributed by atoms with van der Waals surface area (Å²) in [4.78, 5) is 27.7. The molecule has 3 rings (SSSR count). The number of carbonyl (C=O) groups is 2. The second-order valence-electron chi connectivity index (χ2n) is 6.01. The number of nitrogens with one attached hydrogen (secondary N) is 2. The van der Waals surface area contributed by atoms with E-state index in [4.69, 9.17) is 0 Å². The lowest BCUT2D eigenvalue weighted by molar-refractivity contribution is -0.115. The Morgan fingerprint density at radius 1 is 1.00 bits per heavy atom. The van der Waals surface area contributed by atoms with Crippen molar-refractivity contribution < 1.29 is 14.0 Å². The van der Waals surface area contributed by atoms with Crippen LogP contribution in [0, 0.1) is 5.82 Å². The molecule has 2 N–H and O–H groups in total. The molecule has 0 saturated carbocycles. The first-order chi connectivity index (χ1) is 13.0. The van der Waals surface area contributed by atoms with Crippen molar-refractivity contribution in [2.24, 2.45) is 0 Å². The van der Waals surface area contributed by atoms with Gasteiger partial charge in [-0.1, -0.05) is 30.3 Å². The first kappa shape index (κ1) is 18.3. The normalized spacial score (nSPS) is 10.3. The van der Waals surface area contributed by atoms with Crippen LogP contribution < -0.4 is 10.6 Å². The van der Waals surface area contributed by atoms with Crippen molar-refractivity contribution in [3.63, 3.8) is 0 Å². The minimum absolute atomic E-state index is 0.00955. The van der Waals surface area contributed by atoms with Crippen molar-refractivity contribution in [1.82, 2.24) is 4.98 Å². The van der Waals surface area contributed by atoms with Gasteiger partial charge in [0.1, 0.15) is 11.6 Å². The van der Waals surface area contributed by atoms with Crippen LogP contribution in [0.25, 0.3) is 0 Å². The summed E-state index contributed by atoms with van der Waals surface area (Å²) in [5.74, 6) is -0.389. The van der Waals surface area contributed by atoms with Gasteiger partial charge < -0.3 is 10.6 Å². The summed E-state index contributed by atoms with van der Waals surface area (Å²) in [7, 11) is 0. The van der Waals surface area contributed by atoms with Crippen molar-refractivity contribution in [2.45, 2.75) is 13.3 Å². The molecule has 0 spiro atoms. The lowest BCUT2D eigenvalue weighted by Gasteiger charge is -2.09. The lowest BCUT2D eigenvalue weighted by Crippen LogP contribution is -2.16. The number of aromatic nitrogens is 1. The maximum absolute atomic E-state index is 13.6. The monoisotopic (exact) mass is 363 g/mol. The second-order valence-corrected chi connectivity index (χ2v) is 6.01. The number of Topliss-reactive ketones (excluding diaryl/α,β-unsaturated/α-hetero) is 1. The number of rotatable bonds is 6. The standard InChI is InChI=1S/C21H18FN3O2/c1-14(26)15-6-4-7-17(11-15)24-18-9-10-20(23-13-18)25-21(27)12-16-5-2-3-8-19(16)22/h2-11,13,24H,12H2,1H3,(H,23,25,27). The number of halogens is 1. The minimum atomic E-state index is -0.409. The third kappa shape index (κ3) is 4.98. The zero-order chi connectivity index (χ0) is 19.2. The van der Waals surface area contributed by atoms with Gasteiger partial charge in [-0.2, -0.15) is 0 Å². The number of carbonyl (C=O) groups excluding carboxylic acids is 2. The summed E-state index contributed by atoms with van der Waals surface area (Å²) in [5.41, 5.74) is 2.42. The molecule has 6 heteroatoms. The molecule has 136 valence electrons. The zero-order valence-corrected chi connectivity index (χ0v) is 14.7. The summed E-state index contributed by atoms with van der Waals surface area (Å²) in [6.07, 6.45) is 1.51. The van der Waals surface area contributed by atoms with E-state index in [2.05, 4.69) is 15.6 Å². The van der Waals surface area contributed by atoms with Gasteiger partial charge in [0.2, 0.25) is 5.91 Å². The van der Waals surface area contributed by atoms with E-state index in [9.17, 15) is 14.0 Å². The van der Waals surface area contributed by atoms with E-state index in [0.717, 1.165) is 5.69 Å². The highest BCUT2D eigenvalue weighted by atomic mass is 19.1. The maximum Gasteiger partial charge on any atom is 0.230 e. The van der Waals surface area contributed by atoms with Crippen molar-refractivity contribution in [2.75, 3.05) is 10.6 Å². The number of ketones is 1. The third-order valence-corrected chi connectivity index (χ3v) is 3.90. The Morgan fingerprint density at radius 2 is 1.81 bits per heavy atom. The van der Waals surface area contributed by atoms with Crippen LogP contribution >= 0.6 is 0 Å². The van der Waals surface area contributed by atoms with E-state index in [1.165, 1.54) is 13.0 Å². The quantitative estimate of drug-likeness (QED) is 0.639. The van der Waals surface area contributed by atoms with Crippen LogP contribution in [0.2, 0.25) is 0 Å². The SMILES string of the molecule is CC(=O)c1cccc(Nc2ccc(NC(=O)Cc3ccccc3F)nc2)c1. The Hall–Kier alpha value is -3.54. The van der Waals surface area contributed by atoms with Crippen molar-refractivity contribution in [3.05, 3.63) is 83.8 Å². The molecule has 0 radical (unpaired) electrons. The van der Waals surface area contributed by atoms with Crippen LogP contribution in [-0.4, -0.2) is 16.7 Å². The molecule has 1 aromatic heterocycles. The third-order valence-electron chi connectivity index (χ3n) is 3.90. The molecule has 0 unspecified atom stereocenters. The molecule has 0 aliphatic carbocycles. The van der Waals surface area contributed by atoms with E-state index < -0.39 is 5.82 Å². The highest BCUT2D eigenvalue weighted by Gasteiger charge is 2.08. The van der Waals surface area contributed by atoms with Crippen LogP contribution in [-0.2, 0) is 11.2 Å². The van der Waals surface area contributed by atoms with Crippen LogP contribution in [0.4, 0.5) is 21.6 Å². The van der Waals surface area contributed by atoms with Crippen LogP contribution in [0.1, 0.15) is 22.8 Å². The predicted molar refractivity (Wildman–Crippen MR) is 103 cm³/mol. The highest BCUT2D eigenvalue weighted by molar-refractivity contribution is 5.95. The molecule has 0 aliphatic heterocycles. The summed E-state index contributed by atoms with van der Waals surface area (Å²) in [6, 6.07) is 16.7. The Balaban J connectivity index is 1.62. The summed E-state index contributed by atoms with van der Waals surface area (Å²) in [5, 5.41) is 5.79. The van der Waals surface area contributed by atoms with E-state index in [-0.39, 0.29) is 18.1 Å². The highest BCUT2D eigenvalue weighted by Crippen LogP contribution is 2.19. The number of anilines is 3. The van der Waals surface area contributed by atoms with E-state index in [1.807, 2.05) is 6.07 Å². The molecule has 1 heterocycles. The number of hydrogen-bond acceptors (Lipinski definition) is 4. The van der Waals surface area contributed by atoms with Gasteiger partial charge >= 0.3 is 0 Å². The average molecular weight is 363 g/mol. The first-order valence-corrected chi connectivity index (χ1v) is 8.38. The molecule has 2 aromatic carbocycles. The van der Waals surface area contributed by atoms with E-state index >= 15 is 0 Å². The first-order valence-electron chi connectivity index (χ1n) is 8.38. The Bertz CT molecular complexity index is 971. The predicted octanol–water partition coefficient (Wildman–Crippen LogP) is 4.35. The van der Waals surface area contributed by atoms with Crippen LogP contribution in [0.3, 0.4) is 0 Å². The molecule has 0 saturated heterocycles. The van der Waals surface area contributed by atoms with Crippen LogP contribution in [0.5, 0.6) is 0 Å². The van der Waals surface area contributed by atoms with Crippen molar-refractivity contribution >= 4 is 28.9 Å². The molecule has 5 nitrogen and oxygen atoms in total. The smallest absolute Gasteiger partial charge is 0.230 e. The molecule has 1 amide bonds. The van der Waals surface area contributed by atoms with Gasteiger partial charge in [-0.05, 0) is 42.8 Å². The minimum Gasteiger partial charge on any atom is -0.354 e. The van der Waals surface area contributed by atoms with Gasteiger partial charge in [0.25, 0.3) is 0 Å². The van der Waals surface area contributed by atoms with Crippen molar-refractivity contribution in [1.29, 1.82) is 0 Å². The van der Waals surface area contributed by atoms with Gasteiger partial charge in [0.05, 0.1) is 18.3 Å².